The van der Waals surface area contributed by atoms with Gasteiger partial charge in [-0.2, -0.15) is 0 Å². The highest BCUT2D eigenvalue weighted by Gasteiger charge is 2.21. The molecule has 5 nitrogen and oxygen atoms in total. The molecule has 0 aliphatic carbocycles. The molecule has 2 aliphatic rings. The largest absolute Gasteiger partial charge is 0.454 e. The Morgan fingerprint density at radius 3 is 3.05 bits per heavy atom. The van der Waals surface area contributed by atoms with Crippen LogP contribution in [0.25, 0.3) is 0 Å². The summed E-state index contributed by atoms with van der Waals surface area (Å²) in [4.78, 5) is 2.35. The van der Waals surface area contributed by atoms with Gasteiger partial charge in [-0.05, 0) is 24.6 Å². The van der Waals surface area contributed by atoms with Gasteiger partial charge in [0.2, 0.25) is 6.79 Å². The Morgan fingerprint density at radius 1 is 1.37 bits per heavy atom. The summed E-state index contributed by atoms with van der Waals surface area (Å²) in [7, 11) is 0. The molecule has 0 saturated carbocycles. The van der Waals surface area contributed by atoms with Gasteiger partial charge in [-0.15, -0.1) is 0 Å². The molecule has 0 radical (unpaired) electrons. The molecule has 1 saturated heterocycles. The highest BCUT2D eigenvalue weighted by molar-refractivity contribution is 5.45. The number of nitrogens with two attached hydrogens (primary N) is 1. The van der Waals surface area contributed by atoms with E-state index < -0.39 is 0 Å². The number of hydrogen-bond acceptors (Lipinski definition) is 5. The lowest BCUT2D eigenvalue weighted by Crippen LogP contribution is -2.44. The van der Waals surface area contributed by atoms with E-state index in [-0.39, 0.29) is 12.1 Å². The van der Waals surface area contributed by atoms with Gasteiger partial charge in [0.25, 0.3) is 0 Å². The Morgan fingerprint density at radius 2 is 2.21 bits per heavy atom. The zero-order valence-electron chi connectivity index (χ0n) is 11.2. The van der Waals surface area contributed by atoms with Crippen molar-refractivity contribution < 1.29 is 14.2 Å². The minimum Gasteiger partial charge on any atom is -0.454 e. The minimum atomic E-state index is -0.0141. The van der Waals surface area contributed by atoms with Gasteiger partial charge in [-0.25, -0.2) is 0 Å². The highest BCUT2D eigenvalue weighted by Crippen LogP contribution is 2.33. The number of benzene rings is 1. The van der Waals surface area contributed by atoms with Crippen molar-refractivity contribution in [3.63, 3.8) is 0 Å². The molecule has 0 spiro atoms. The second kappa shape index (κ2) is 5.36. The molecule has 0 aromatic heterocycles. The standard InChI is InChI=1S/C14H20N2O3/c1-10-7-16(4-5-17-10)8-12(15)11-2-3-13-14(6-11)19-9-18-13/h2-3,6,10,12H,4-5,7-9,15H2,1H3. The van der Waals surface area contributed by atoms with E-state index in [2.05, 4.69) is 11.8 Å². The van der Waals surface area contributed by atoms with Crippen molar-refractivity contribution in [2.24, 2.45) is 5.73 Å². The van der Waals surface area contributed by atoms with Crippen molar-refractivity contribution in [1.29, 1.82) is 0 Å². The van der Waals surface area contributed by atoms with E-state index >= 15 is 0 Å². The third-order valence-corrected chi connectivity index (χ3v) is 3.60. The predicted octanol–water partition coefficient (Wildman–Crippen LogP) is 1.14. The molecule has 2 N–H and O–H groups in total. The molecule has 2 unspecified atom stereocenters. The molecule has 2 heterocycles. The first-order valence-corrected chi connectivity index (χ1v) is 6.71. The van der Waals surface area contributed by atoms with Crippen LogP contribution in [-0.2, 0) is 4.74 Å². The van der Waals surface area contributed by atoms with Crippen molar-refractivity contribution in [3.05, 3.63) is 23.8 Å². The van der Waals surface area contributed by atoms with Crippen LogP contribution in [0.15, 0.2) is 18.2 Å². The Bertz CT molecular complexity index is 452. The average molecular weight is 264 g/mol. The Kier molecular flexibility index (Phi) is 3.59. The fraction of sp³-hybridized carbons (Fsp3) is 0.571. The second-order valence-corrected chi connectivity index (χ2v) is 5.16. The molecule has 1 fully saturated rings. The molecule has 0 amide bonds. The van der Waals surface area contributed by atoms with Crippen LogP contribution in [0.3, 0.4) is 0 Å². The molecule has 19 heavy (non-hydrogen) atoms. The summed E-state index contributed by atoms with van der Waals surface area (Å²) in [5.74, 6) is 1.60. The van der Waals surface area contributed by atoms with E-state index in [1.54, 1.807) is 0 Å². The number of fused-ring (bicyclic) bond motifs is 1. The van der Waals surface area contributed by atoms with Crippen molar-refractivity contribution >= 4 is 0 Å². The van der Waals surface area contributed by atoms with Crippen molar-refractivity contribution in [2.75, 3.05) is 33.0 Å². The van der Waals surface area contributed by atoms with Gasteiger partial charge in [-0.1, -0.05) is 6.07 Å². The first-order chi connectivity index (χ1) is 9.22. The summed E-state index contributed by atoms with van der Waals surface area (Å²) in [5.41, 5.74) is 7.37. The lowest BCUT2D eigenvalue weighted by Gasteiger charge is -2.32. The molecule has 0 bridgehead atoms. The SMILES string of the molecule is CC1CN(CC(N)c2ccc3c(c2)OCO3)CCO1. The van der Waals surface area contributed by atoms with Crippen LogP contribution in [0.4, 0.5) is 0 Å². The zero-order valence-corrected chi connectivity index (χ0v) is 11.2. The average Bonchev–Trinajstić information content (AvgIpc) is 2.85. The summed E-state index contributed by atoms with van der Waals surface area (Å²) in [5, 5.41) is 0. The monoisotopic (exact) mass is 264 g/mol. The summed E-state index contributed by atoms with van der Waals surface area (Å²) in [6.07, 6.45) is 0.290. The van der Waals surface area contributed by atoms with Gasteiger partial charge in [0, 0.05) is 25.7 Å². The number of nitrogens with zero attached hydrogens (tertiary/aromatic N) is 1. The molecule has 2 atom stereocenters. The van der Waals surface area contributed by atoms with Crippen LogP contribution in [0, 0.1) is 0 Å². The number of rotatable bonds is 3. The molecule has 1 aromatic carbocycles. The van der Waals surface area contributed by atoms with Crippen LogP contribution >= 0.6 is 0 Å². The van der Waals surface area contributed by atoms with E-state index in [0.29, 0.717) is 6.79 Å². The Balaban J connectivity index is 1.65. The van der Waals surface area contributed by atoms with E-state index in [4.69, 9.17) is 19.9 Å². The second-order valence-electron chi connectivity index (χ2n) is 5.16. The smallest absolute Gasteiger partial charge is 0.231 e. The Hall–Kier alpha value is -1.30. The van der Waals surface area contributed by atoms with Crippen LogP contribution in [-0.4, -0.2) is 44.0 Å². The van der Waals surface area contributed by atoms with Gasteiger partial charge in [0.1, 0.15) is 0 Å². The van der Waals surface area contributed by atoms with Gasteiger partial charge < -0.3 is 19.9 Å². The summed E-state index contributed by atoms with van der Waals surface area (Å²) in [6, 6.07) is 5.91. The van der Waals surface area contributed by atoms with Crippen molar-refractivity contribution in [3.8, 4) is 11.5 Å². The first-order valence-electron chi connectivity index (χ1n) is 6.71. The third kappa shape index (κ3) is 2.83. The van der Waals surface area contributed by atoms with Crippen LogP contribution < -0.4 is 15.2 Å². The van der Waals surface area contributed by atoms with Gasteiger partial charge in [0.05, 0.1) is 12.7 Å². The zero-order chi connectivity index (χ0) is 13.2. The van der Waals surface area contributed by atoms with Crippen LogP contribution in [0.1, 0.15) is 18.5 Å². The van der Waals surface area contributed by atoms with E-state index in [1.807, 2.05) is 18.2 Å². The Labute approximate surface area is 113 Å². The molecule has 2 aliphatic heterocycles. The van der Waals surface area contributed by atoms with E-state index in [1.165, 1.54) is 0 Å². The fourth-order valence-electron chi connectivity index (χ4n) is 2.58. The summed E-state index contributed by atoms with van der Waals surface area (Å²) < 4.78 is 16.2. The molecule has 104 valence electrons. The molecule has 5 heteroatoms. The van der Waals surface area contributed by atoms with Crippen molar-refractivity contribution in [1.82, 2.24) is 4.90 Å². The molecular formula is C14H20N2O3. The summed E-state index contributed by atoms with van der Waals surface area (Å²) in [6.45, 7) is 5.91. The molecule has 1 aromatic rings. The lowest BCUT2D eigenvalue weighted by molar-refractivity contribution is -0.0199. The number of morpholine rings is 1. The maximum atomic E-state index is 6.29. The van der Waals surface area contributed by atoms with Gasteiger partial charge in [0.15, 0.2) is 11.5 Å². The number of ether oxygens (including phenoxy) is 3. The normalized spacial score (nSPS) is 24.4. The van der Waals surface area contributed by atoms with E-state index in [9.17, 15) is 0 Å². The first kappa shape index (κ1) is 12.7. The maximum Gasteiger partial charge on any atom is 0.231 e. The van der Waals surface area contributed by atoms with E-state index in [0.717, 1.165) is 43.3 Å². The maximum absolute atomic E-state index is 6.29. The highest BCUT2D eigenvalue weighted by atomic mass is 16.7. The minimum absolute atomic E-state index is 0.0141. The van der Waals surface area contributed by atoms with Crippen molar-refractivity contribution in [2.45, 2.75) is 19.1 Å². The summed E-state index contributed by atoms with van der Waals surface area (Å²) >= 11 is 0. The lowest BCUT2D eigenvalue weighted by atomic mass is 10.1. The van der Waals surface area contributed by atoms with Gasteiger partial charge in [-0.3, -0.25) is 4.90 Å². The third-order valence-electron chi connectivity index (χ3n) is 3.60. The molecule has 3 rings (SSSR count). The number of hydrogen-bond donors (Lipinski definition) is 1. The quantitative estimate of drug-likeness (QED) is 0.887. The van der Waals surface area contributed by atoms with Crippen LogP contribution in [0.2, 0.25) is 0 Å². The van der Waals surface area contributed by atoms with Crippen LogP contribution in [0.5, 0.6) is 11.5 Å². The molecular weight excluding hydrogens is 244 g/mol. The topological polar surface area (TPSA) is 57.0 Å². The van der Waals surface area contributed by atoms with Gasteiger partial charge >= 0.3 is 0 Å². The predicted molar refractivity (Wildman–Crippen MR) is 71.3 cm³/mol. The fourth-order valence-corrected chi connectivity index (χ4v) is 2.58.